The van der Waals surface area contributed by atoms with Crippen LogP contribution in [0.3, 0.4) is 0 Å². The summed E-state index contributed by atoms with van der Waals surface area (Å²) in [5, 5.41) is 4.19. The first-order valence-electron chi connectivity index (χ1n) is 11.5. The molecule has 7 nitrogen and oxygen atoms in total. The van der Waals surface area contributed by atoms with E-state index in [0.29, 0.717) is 5.56 Å². The Bertz CT molecular complexity index is 1470. The van der Waals surface area contributed by atoms with Crippen LogP contribution in [0.1, 0.15) is 33.3 Å². The molecule has 1 aliphatic heterocycles. The molecule has 3 heterocycles. The summed E-state index contributed by atoms with van der Waals surface area (Å²) in [6.45, 7) is 2.48. The fourth-order valence-corrected chi connectivity index (χ4v) is 4.40. The van der Waals surface area contributed by atoms with E-state index in [2.05, 4.69) is 10.1 Å². The molecule has 2 aromatic heterocycles. The number of fused-ring (bicyclic) bond motifs is 1. The highest BCUT2D eigenvalue weighted by Gasteiger charge is 2.37. The van der Waals surface area contributed by atoms with Crippen LogP contribution in [0.25, 0.3) is 16.9 Å². The Hall–Kier alpha value is -4.28. The number of benzene rings is 2. The number of carbonyl (C=O) groups is 2. The monoisotopic (exact) mass is 511 g/mol. The van der Waals surface area contributed by atoms with Gasteiger partial charge in [0.05, 0.1) is 11.9 Å². The number of carbonyl (C=O) groups excluding carboxylic acids is 2. The van der Waals surface area contributed by atoms with Crippen LogP contribution < -0.4 is 0 Å². The predicted octanol–water partition coefficient (Wildman–Crippen LogP) is 4.54. The van der Waals surface area contributed by atoms with E-state index in [1.165, 1.54) is 17.0 Å². The second-order valence-electron chi connectivity index (χ2n) is 8.81. The summed E-state index contributed by atoms with van der Waals surface area (Å²) in [4.78, 5) is 33.2. The SMILES string of the molecule is C[C@H]1CN(C(=O)c2cn3nc(-c4ccc(F)cc4)cc(C(F)(F)F)c3n2)CCN1C(=O)c1ccccc1. The zero-order valence-corrected chi connectivity index (χ0v) is 19.6. The highest BCUT2D eigenvalue weighted by molar-refractivity contribution is 5.95. The minimum absolute atomic E-state index is 0.0436. The van der Waals surface area contributed by atoms with E-state index in [-0.39, 0.29) is 48.5 Å². The van der Waals surface area contributed by atoms with Crippen LogP contribution in [-0.2, 0) is 6.18 Å². The van der Waals surface area contributed by atoms with Crippen molar-refractivity contribution in [1.29, 1.82) is 0 Å². The van der Waals surface area contributed by atoms with Gasteiger partial charge in [0.1, 0.15) is 17.1 Å². The normalized spacial score (nSPS) is 16.3. The molecular formula is C26H21F4N5O2. The average Bonchev–Trinajstić information content (AvgIpc) is 3.32. The van der Waals surface area contributed by atoms with Crippen LogP contribution in [0, 0.1) is 5.82 Å². The smallest absolute Gasteiger partial charge is 0.333 e. The zero-order chi connectivity index (χ0) is 26.3. The molecule has 0 aliphatic carbocycles. The molecule has 1 saturated heterocycles. The van der Waals surface area contributed by atoms with Crippen molar-refractivity contribution in [2.75, 3.05) is 19.6 Å². The number of aromatic nitrogens is 3. The quantitative estimate of drug-likeness (QED) is 0.379. The Morgan fingerprint density at radius 1 is 0.973 bits per heavy atom. The van der Waals surface area contributed by atoms with Crippen LogP contribution in [-0.4, -0.2) is 61.9 Å². The molecule has 0 saturated carbocycles. The molecule has 0 bridgehead atoms. The number of nitrogens with zero attached hydrogens (tertiary/aromatic N) is 5. The fourth-order valence-electron chi connectivity index (χ4n) is 4.40. The topological polar surface area (TPSA) is 70.8 Å². The van der Waals surface area contributed by atoms with E-state index in [4.69, 9.17) is 0 Å². The Morgan fingerprint density at radius 3 is 2.32 bits per heavy atom. The Balaban J connectivity index is 1.42. The van der Waals surface area contributed by atoms with Crippen LogP contribution in [0.4, 0.5) is 17.6 Å². The largest absolute Gasteiger partial charge is 0.420 e. The van der Waals surface area contributed by atoms with Gasteiger partial charge in [0.2, 0.25) is 0 Å². The lowest BCUT2D eigenvalue weighted by Gasteiger charge is -2.39. The van der Waals surface area contributed by atoms with Gasteiger partial charge in [0, 0.05) is 36.8 Å². The zero-order valence-electron chi connectivity index (χ0n) is 19.6. The predicted molar refractivity (Wildman–Crippen MR) is 126 cm³/mol. The second-order valence-corrected chi connectivity index (χ2v) is 8.81. The van der Waals surface area contributed by atoms with Gasteiger partial charge in [-0.25, -0.2) is 13.9 Å². The van der Waals surface area contributed by atoms with Gasteiger partial charge in [-0.2, -0.15) is 18.3 Å². The number of rotatable bonds is 3. The van der Waals surface area contributed by atoms with E-state index >= 15 is 0 Å². The number of amides is 2. The van der Waals surface area contributed by atoms with E-state index < -0.39 is 29.1 Å². The molecule has 0 radical (unpaired) electrons. The van der Waals surface area contributed by atoms with E-state index in [1.807, 2.05) is 13.0 Å². The number of hydrogen-bond donors (Lipinski definition) is 0. The first-order chi connectivity index (χ1) is 17.6. The van der Waals surface area contributed by atoms with Crippen LogP contribution in [0.15, 0.2) is 66.9 Å². The minimum atomic E-state index is -4.76. The minimum Gasteiger partial charge on any atom is -0.333 e. The van der Waals surface area contributed by atoms with Crippen molar-refractivity contribution in [3.63, 3.8) is 0 Å². The van der Waals surface area contributed by atoms with E-state index in [0.717, 1.165) is 28.9 Å². The van der Waals surface area contributed by atoms with Crippen molar-refractivity contribution in [2.24, 2.45) is 0 Å². The summed E-state index contributed by atoms with van der Waals surface area (Å²) in [7, 11) is 0. The summed E-state index contributed by atoms with van der Waals surface area (Å²) in [5.74, 6) is -1.24. The molecule has 2 amide bonds. The van der Waals surface area contributed by atoms with Gasteiger partial charge in [0.15, 0.2) is 5.65 Å². The maximum atomic E-state index is 13.9. The summed E-state index contributed by atoms with van der Waals surface area (Å²) < 4.78 is 55.9. The number of alkyl halides is 3. The molecule has 37 heavy (non-hydrogen) atoms. The number of hydrogen-bond acceptors (Lipinski definition) is 4. The summed E-state index contributed by atoms with van der Waals surface area (Å²) in [6, 6.07) is 14.2. The molecule has 2 aromatic carbocycles. The highest BCUT2D eigenvalue weighted by Crippen LogP contribution is 2.34. The van der Waals surface area contributed by atoms with E-state index in [9.17, 15) is 27.2 Å². The van der Waals surface area contributed by atoms with Crippen molar-refractivity contribution in [3.05, 3.63) is 89.5 Å². The average molecular weight is 511 g/mol. The van der Waals surface area contributed by atoms with Crippen molar-refractivity contribution < 1.29 is 27.2 Å². The number of piperazine rings is 1. The first-order valence-corrected chi connectivity index (χ1v) is 11.5. The van der Waals surface area contributed by atoms with Gasteiger partial charge in [0.25, 0.3) is 11.8 Å². The molecule has 0 N–H and O–H groups in total. The standard InChI is InChI=1S/C26H21F4N5O2/c1-16-14-33(11-12-34(16)24(36)18-5-3-2-4-6-18)25(37)22-15-35-23(31-22)20(26(28,29)30)13-21(32-35)17-7-9-19(27)10-8-17/h2-10,13,15-16H,11-12,14H2,1H3/t16-/m0/s1. The molecule has 1 atom stereocenters. The van der Waals surface area contributed by atoms with Gasteiger partial charge in [-0.3, -0.25) is 9.59 Å². The van der Waals surface area contributed by atoms with Gasteiger partial charge in [-0.05, 0) is 49.4 Å². The molecule has 5 rings (SSSR count). The van der Waals surface area contributed by atoms with Gasteiger partial charge >= 0.3 is 6.18 Å². The van der Waals surface area contributed by atoms with Crippen molar-refractivity contribution in [1.82, 2.24) is 24.4 Å². The third-order valence-electron chi connectivity index (χ3n) is 6.29. The van der Waals surface area contributed by atoms with Gasteiger partial charge < -0.3 is 9.80 Å². The Kier molecular flexibility index (Phi) is 6.14. The van der Waals surface area contributed by atoms with Gasteiger partial charge in [-0.1, -0.05) is 18.2 Å². The van der Waals surface area contributed by atoms with Crippen LogP contribution in [0.5, 0.6) is 0 Å². The van der Waals surface area contributed by atoms with Crippen molar-refractivity contribution in [2.45, 2.75) is 19.1 Å². The molecule has 190 valence electrons. The molecule has 11 heteroatoms. The Labute approximate surface area is 208 Å². The third kappa shape index (κ3) is 4.76. The number of halogens is 4. The third-order valence-corrected chi connectivity index (χ3v) is 6.29. The molecule has 1 fully saturated rings. The maximum Gasteiger partial charge on any atom is 0.420 e. The summed E-state index contributed by atoms with van der Waals surface area (Å²) in [5.41, 5.74) is -0.983. The molecule has 0 spiro atoms. The van der Waals surface area contributed by atoms with Crippen molar-refractivity contribution in [3.8, 4) is 11.3 Å². The van der Waals surface area contributed by atoms with Crippen molar-refractivity contribution >= 4 is 17.5 Å². The van der Waals surface area contributed by atoms with Crippen LogP contribution in [0.2, 0.25) is 0 Å². The molecule has 0 unspecified atom stereocenters. The molecular weight excluding hydrogens is 490 g/mol. The fraction of sp³-hybridized carbons (Fsp3) is 0.231. The maximum absolute atomic E-state index is 13.9. The molecule has 4 aromatic rings. The lowest BCUT2D eigenvalue weighted by molar-refractivity contribution is -0.136. The second kappa shape index (κ2) is 9.30. The van der Waals surface area contributed by atoms with E-state index in [1.54, 1.807) is 29.2 Å². The van der Waals surface area contributed by atoms with Crippen LogP contribution >= 0.6 is 0 Å². The lowest BCUT2D eigenvalue weighted by atomic mass is 10.1. The molecule has 1 aliphatic rings. The lowest BCUT2D eigenvalue weighted by Crippen LogP contribution is -2.55. The Morgan fingerprint density at radius 2 is 1.68 bits per heavy atom. The summed E-state index contributed by atoms with van der Waals surface area (Å²) in [6.07, 6.45) is -3.60. The number of imidazole rings is 1. The summed E-state index contributed by atoms with van der Waals surface area (Å²) >= 11 is 0. The highest BCUT2D eigenvalue weighted by atomic mass is 19.4. The van der Waals surface area contributed by atoms with Gasteiger partial charge in [-0.15, -0.1) is 0 Å². The first kappa shape index (κ1) is 24.4.